The van der Waals surface area contributed by atoms with Crippen LogP contribution >= 0.6 is 27.5 Å². The molecule has 0 amide bonds. The van der Waals surface area contributed by atoms with Crippen molar-refractivity contribution in [1.29, 1.82) is 0 Å². The lowest BCUT2D eigenvalue weighted by Crippen LogP contribution is -2.03. The maximum absolute atomic E-state index is 13.4. The number of benzene rings is 2. The molecule has 1 N–H and O–H groups in total. The van der Waals surface area contributed by atoms with E-state index >= 15 is 0 Å². The number of hydrogen-bond donors (Lipinski definition) is 1. The molecule has 0 aliphatic carbocycles. The van der Waals surface area contributed by atoms with E-state index in [-0.39, 0.29) is 12.1 Å². The topological polar surface area (TPSA) is 12.0 Å². The van der Waals surface area contributed by atoms with E-state index in [1.165, 1.54) is 6.07 Å². The van der Waals surface area contributed by atoms with Crippen molar-refractivity contribution in [3.05, 3.63) is 63.1 Å². The van der Waals surface area contributed by atoms with Crippen molar-refractivity contribution < 1.29 is 8.78 Å². The fourth-order valence-corrected chi connectivity index (χ4v) is 2.06. The summed E-state index contributed by atoms with van der Waals surface area (Å²) in [6.45, 7) is 0.183. The number of hydrogen-bond acceptors (Lipinski definition) is 1. The zero-order valence-corrected chi connectivity index (χ0v) is 11.5. The van der Waals surface area contributed by atoms with Crippen molar-refractivity contribution in [2.75, 3.05) is 5.32 Å². The summed E-state index contributed by atoms with van der Waals surface area (Å²) in [7, 11) is 0. The fraction of sp³-hybridized carbons (Fsp3) is 0.0769. The Morgan fingerprint density at radius 1 is 1.11 bits per heavy atom. The molecule has 0 aromatic heterocycles. The van der Waals surface area contributed by atoms with Gasteiger partial charge in [-0.1, -0.05) is 11.6 Å². The van der Waals surface area contributed by atoms with Gasteiger partial charge in [-0.25, -0.2) is 8.78 Å². The summed E-state index contributed by atoms with van der Waals surface area (Å²) < 4.78 is 27.2. The minimum Gasteiger partial charge on any atom is -0.380 e. The summed E-state index contributed by atoms with van der Waals surface area (Å²) in [6.07, 6.45) is 0. The first kappa shape index (κ1) is 13.3. The largest absolute Gasteiger partial charge is 0.380 e. The van der Waals surface area contributed by atoms with Crippen LogP contribution in [0, 0.1) is 11.6 Å². The normalized spacial score (nSPS) is 10.4. The lowest BCUT2D eigenvalue weighted by Gasteiger charge is -2.10. The van der Waals surface area contributed by atoms with Crippen molar-refractivity contribution in [2.45, 2.75) is 6.54 Å². The molecule has 0 fully saturated rings. The SMILES string of the molecule is Fc1ccc(F)c(CNc2cc(Cl)ccc2Br)c1. The molecule has 0 saturated carbocycles. The number of nitrogens with one attached hydrogen (secondary N) is 1. The third-order valence-corrected chi connectivity index (χ3v) is 3.33. The minimum atomic E-state index is -0.460. The smallest absolute Gasteiger partial charge is 0.128 e. The molecular formula is C13H9BrClF2N. The van der Waals surface area contributed by atoms with Gasteiger partial charge in [0.05, 0.1) is 5.69 Å². The van der Waals surface area contributed by atoms with Crippen LogP contribution in [0.3, 0.4) is 0 Å². The first-order valence-corrected chi connectivity index (χ1v) is 6.36. The van der Waals surface area contributed by atoms with Crippen LogP contribution in [-0.2, 0) is 6.54 Å². The maximum atomic E-state index is 13.4. The molecule has 2 aromatic rings. The zero-order chi connectivity index (χ0) is 13.1. The van der Waals surface area contributed by atoms with Crippen molar-refractivity contribution in [1.82, 2.24) is 0 Å². The third-order valence-electron chi connectivity index (χ3n) is 2.41. The predicted octanol–water partition coefficient (Wildman–Crippen LogP) is 4.99. The van der Waals surface area contributed by atoms with Crippen molar-refractivity contribution in [3.8, 4) is 0 Å². The molecule has 0 heterocycles. The first-order chi connectivity index (χ1) is 8.56. The Morgan fingerprint density at radius 2 is 1.89 bits per heavy atom. The van der Waals surface area contributed by atoms with Gasteiger partial charge in [0.2, 0.25) is 0 Å². The van der Waals surface area contributed by atoms with Crippen LogP contribution in [0.1, 0.15) is 5.56 Å². The Kier molecular flexibility index (Phi) is 4.19. The highest BCUT2D eigenvalue weighted by Crippen LogP contribution is 2.26. The molecule has 0 bridgehead atoms. The molecule has 0 atom stereocenters. The molecule has 1 nitrogen and oxygen atoms in total. The van der Waals surface area contributed by atoms with Gasteiger partial charge < -0.3 is 5.32 Å². The zero-order valence-electron chi connectivity index (χ0n) is 9.18. The van der Waals surface area contributed by atoms with Gasteiger partial charge in [-0.3, -0.25) is 0 Å². The van der Waals surface area contributed by atoms with Crippen molar-refractivity contribution in [3.63, 3.8) is 0 Å². The van der Waals surface area contributed by atoms with Gasteiger partial charge in [0.25, 0.3) is 0 Å². The van der Waals surface area contributed by atoms with Crippen LogP contribution in [0.15, 0.2) is 40.9 Å². The van der Waals surface area contributed by atoms with Gasteiger partial charge >= 0.3 is 0 Å². The second-order valence-electron chi connectivity index (χ2n) is 3.71. The van der Waals surface area contributed by atoms with E-state index in [0.717, 1.165) is 22.3 Å². The van der Waals surface area contributed by atoms with Gasteiger partial charge in [-0.15, -0.1) is 0 Å². The standard InChI is InChI=1S/C13H9BrClF2N/c14-11-3-1-9(15)6-13(11)18-7-8-5-10(16)2-4-12(8)17/h1-6,18H,7H2. The molecule has 0 radical (unpaired) electrons. The van der Waals surface area contributed by atoms with E-state index in [1.807, 2.05) is 0 Å². The molecule has 0 aliphatic rings. The van der Waals surface area contributed by atoms with E-state index in [4.69, 9.17) is 11.6 Å². The van der Waals surface area contributed by atoms with Crippen LogP contribution in [0.2, 0.25) is 5.02 Å². The van der Waals surface area contributed by atoms with Gasteiger partial charge in [0.1, 0.15) is 11.6 Å². The highest BCUT2D eigenvalue weighted by molar-refractivity contribution is 9.10. The lowest BCUT2D eigenvalue weighted by molar-refractivity contribution is 0.587. The second-order valence-corrected chi connectivity index (χ2v) is 5.00. The third kappa shape index (κ3) is 3.21. The summed E-state index contributed by atoms with van der Waals surface area (Å²) in [5.41, 5.74) is 0.994. The Balaban J connectivity index is 2.16. The van der Waals surface area contributed by atoms with Crippen LogP contribution in [0.5, 0.6) is 0 Å². The molecular weight excluding hydrogens is 324 g/mol. The lowest BCUT2D eigenvalue weighted by atomic mass is 10.2. The van der Waals surface area contributed by atoms with Gasteiger partial charge in [0, 0.05) is 21.6 Å². The maximum Gasteiger partial charge on any atom is 0.128 e. The Hall–Kier alpha value is -1.13. The molecule has 2 aromatic carbocycles. The van der Waals surface area contributed by atoms with Gasteiger partial charge in [0.15, 0.2) is 0 Å². The average Bonchev–Trinajstić information content (AvgIpc) is 2.34. The molecule has 0 unspecified atom stereocenters. The first-order valence-electron chi connectivity index (χ1n) is 5.19. The summed E-state index contributed by atoms with van der Waals surface area (Å²) >= 11 is 9.21. The highest BCUT2D eigenvalue weighted by atomic mass is 79.9. The Bertz CT molecular complexity index is 523. The van der Waals surface area contributed by atoms with E-state index in [9.17, 15) is 8.78 Å². The molecule has 0 spiro atoms. The molecule has 94 valence electrons. The van der Waals surface area contributed by atoms with Crippen LogP contribution in [-0.4, -0.2) is 0 Å². The van der Waals surface area contributed by atoms with Gasteiger partial charge in [-0.2, -0.15) is 0 Å². The van der Waals surface area contributed by atoms with E-state index in [0.29, 0.717) is 5.02 Å². The van der Waals surface area contributed by atoms with Gasteiger partial charge in [-0.05, 0) is 52.3 Å². The highest BCUT2D eigenvalue weighted by Gasteiger charge is 2.05. The molecule has 0 aliphatic heterocycles. The Labute approximate surface area is 117 Å². The number of halogens is 4. The molecule has 18 heavy (non-hydrogen) atoms. The van der Waals surface area contributed by atoms with Crippen LogP contribution in [0.25, 0.3) is 0 Å². The fourth-order valence-electron chi connectivity index (χ4n) is 1.50. The van der Waals surface area contributed by atoms with Crippen molar-refractivity contribution >= 4 is 33.2 Å². The summed E-state index contributed by atoms with van der Waals surface area (Å²) in [4.78, 5) is 0. The van der Waals surface area contributed by atoms with Crippen LogP contribution in [0.4, 0.5) is 14.5 Å². The van der Waals surface area contributed by atoms with Crippen molar-refractivity contribution in [2.24, 2.45) is 0 Å². The number of anilines is 1. The van der Waals surface area contributed by atoms with Crippen LogP contribution < -0.4 is 5.32 Å². The minimum absolute atomic E-state index is 0.183. The van der Waals surface area contributed by atoms with E-state index in [2.05, 4.69) is 21.2 Å². The molecule has 5 heteroatoms. The molecule has 2 rings (SSSR count). The van der Waals surface area contributed by atoms with E-state index in [1.54, 1.807) is 18.2 Å². The average molecular weight is 333 g/mol. The van der Waals surface area contributed by atoms with E-state index < -0.39 is 11.6 Å². The summed E-state index contributed by atoms with van der Waals surface area (Å²) in [5, 5.41) is 3.57. The predicted molar refractivity (Wildman–Crippen MR) is 72.8 cm³/mol. The quantitative estimate of drug-likeness (QED) is 0.834. The number of rotatable bonds is 3. The Morgan fingerprint density at radius 3 is 2.67 bits per heavy atom. The summed E-state index contributed by atoms with van der Waals surface area (Å²) in [6, 6.07) is 8.60. The molecule has 0 saturated heterocycles. The monoisotopic (exact) mass is 331 g/mol. The second kappa shape index (κ2) is 5.67. The summed E-state index contributed by atoms with van der Waals surface area (Å²) in [5.74, 6) is -0.902.